The molecule has 1 unspecified atom stereocenters. The first-order valence-corrected chi connectivity index (χ1v) is 7.82. The molecular weight excluding hydrogens is 264 g/mol. The van der Waals surface area contributed by atoms with Gasteiger partial charge in [-0.05, 0) is 12.1 Å². The summed E-state index contributed by atoms with van der Waals surface area (Å²) in [5.74, 6) is -1.23. The van der Waals surface area contributed by atoms with Gasteiger partial charge in [0.25, 0.3) is 0 Å². The molecule has 0 saturated carbocycles. The van der Waals surface area contributed by atoms with Crippen LogP contribution in [0.3, 0.4) is 0 Å². The van der Waals surface area contributed by atoms with Crippen LogP contribution >= 0.6 is 0 Å². The molecule has 0 bridgehead atoms. The highest BCUT2D eigenvalue weighted by molar-refractivity contribution is 7.92. The van der Waals surface area contributed by atoms with Crippen molar-refractivity contribution in [3.63, 3.8) is 0 Å². The van der Waals surface area contributed by atoms with Crippen LogP contribution in [0, 0.1) is 0 Å². The Bertz CT molecular complexity index is 637. The molecule has 0 fully saturated rings. The summed E-state index contributed by atoms with van der Waals surface area (Å²) in [5.41, 5.74) is 5.75. The van der Waals surface area contributed by atoms with Crippen molar-refractivity contribution in [2.24, 2.45) is 0 Å². The average Bonchev–Trinajstić information content (AvgIpc) is 2.13. The largest absolute Gasteiger partial charge is 0.398 e. The zero-order valence-corrected chi connectivity index (χ0v) is 10.5. The fourth-order valence-electron chi connectivity index (χ4n) is 1.66. The van der Waals surface area contributed by atoms with Crippen LogP contribution in [-0.4, -0.2) is 30.5 Å². The Kier molecular flexibility index (Phi) is 2.70. The summed E-state index contributed by atoms with van der Waals surface area (Å²) in [6, 6.07) is 2.72. The number of rotatable bonds is 1. The second kappa shape index (κ2) is 3.81. The number of hydrogen-bond acceptors (Lipinski definition) is 5. The van der Waals surface area contributed by atoms with Crippen LogP contribution in [0.4, 0.5) is 11.4 Å². The third-order valence-corrected chi connectivity index (χ3v) is 4.95. The van der Waals surface area contributed by atoms with E-state index in [2.05, 4.69) is 5.32 Å². The molecule has 1 aromatic rings. The van der Waals surface area contributed by atoms with Gasteiger partial charge in [0.1, 0.15) is 10.6 Å². The van der Waals surface area contributed by atoms with Gasteiger partial charge in [0.2, 0.25) is 5.91 Å². The quantitative estimate of drug-likeness (QED) is 0.686. The van der Waals surface area contributed by atoms with E-state index in [1.807, 2.05) is 0 Å². The van der Waals surface area contributed by atoms with Gasteiger partial charge in [-0.15, -0.1) is 0 Å². The van der Waals surface area contributed by atoms with Crippen molar-refractivity contribution in [3.8, 4) is 0 Å². The van der Waals surface area contributed by atoms with Crippen LogP contribution in [0.2, 0.25) is 0 Å². The number of carbonyl (C=O) groups excluding carboxylic acids is 1. The Morgan fingerprint density at radius 3 is 2.65 bits per heavy atom. The van der Waals surface area contributed by atoms with Crippen molar-refractivity contribution in [1.29, 1.82) is 0 Å². The zero-order chi connectivity index (χ0) is 12.8. The standard InChI is InChI=1S/C9H10N2O4S2/c1-16(13)5-2-6(10)9-7(3-5)11-8(12)4-17(9,14)15/h2-3H,4,10H2,1H3,(H,11,12). The second-order valence-corrected chi connectivity index (χ2v) is 6.96. The fourth-order valence-corrected chi connectivity index (χ4v) is 3.66. The van der Waals surface area contributed by atoms with Crippen molar-refractivity contribution in [1.82, 2.24) is 0 Å². The number of carbonyl (C=O) groups is 1. The summed E-state index contributed by atoms with van der Waals surface area (Å²) >= 11 is 0. The normalized spacial score (nSPS) is 19.2. The van der Waals surface area contributed by atoms with Gasteiger partial charge in [-0.1, -0.05) is 0 Å². The summed E-state index contributed by atoms with van der Waals surface area (Å²) < 4.78 is 34.9. The van der Waals surface area contributed by atoms with E-state index in [1.54, 1.807) is 0 Å². The molecule has 8 heteroatoms. The topological polar surface area (TPSA) is 106 Å². The van der Waals surface area contributed by atoms with E-state index in [9.17, 15) is 17.4 Å². The molecule has 1 heterocycles. The first-order valence-electron chi connectivity index (χ1n) is 4.61. The average molecular weight is 274 g/mol. The van der Waals surface area contributed by atoms with E-state index in [4.69, 9.17) is 5.73 Å². The number of fused-ring (bicyclic) bond motifs is 1. The van der Waals surface area contributed by atoms with E-state index < -0.39 is 32.3 Å². The number of nitrogens with one attached hydrogen (secondary N) is 1. The van der Waals surface area contributed by atoms with Crippen LogP contribution in [0.5, 0.6) is 0 Å². The lowest BCUT2D eigenvalue weighted by Crippen LogP contribution is -2.30. The molecule has 2 rings (SSSR count). The number of nitrogens with two attached hydrogens (primary N) is 1. The molecule has 0 aromatic heterocycles. The molecule has 1 aliphatic rings. The van der Waals surface area contributed by atoms with Crippen molar-refractivity contribution in [2.45, 2.75) is 9.79 Å². The van der Waals surface area contributed by atoms with Crippen molar-refractivity contribution in [3.05, 3.63) is 12.1 Å². The highest BCUT2D eigenvalue weighted by atomic mass is 32.2. The smallest absolute Gasteiger partial charge is 0.239 e. The number of nitrogen functional groups attached to an aromatic ring is 1. The molecule has 0 saturated heterocycles. The highest BCUT2D eigenvalue weighted by Gasteiger charge is 2.31. The molecule has 1 amide bonds. The van der Waals surface area contributed by atoms with Crippen LogP contribution in [0.15, 0.2) is 21.9 Å². The first kappa shape index (κ1) is 12.1. The van der Waals surface area contributed by atoms with Crippen LogP contribution in [0.1, 0.15) is 0 Å². The predicted octanol–water partition coefficient (Wildman–Crippen LogP) is -0.268. The molecule has 0 radical (unpaired) electrons. The van der Waals surface area contributed by atoms with Crippen molar-refractivity contribution >= 4 is 37.9 Å². The van der Waals surface area contributed by atoms with Gasteiger partial charge in [-0.2, -0.15) is 0 Å². The molecule has 0 aliphatic carbocycles. The van der Waals surface area contributed by atoms with Gasteiger partial charge in [0.05, 0.1) is 11.4 Å². The molecule has 92 valence electrons. The molecule has 1 atom stereocenters. The molecule has 3 N–H and O–H groups in total. The van der Waals surface area contributed by atoms with E-state index in [0.29, 0.717) is 4.90 Å². The SMILES string of the molecule is CS(=O)c1cc(N)c2c(c1)NC(=O)CS2(=O)=O. The third-order valence-electron chi connectivity index (χ3n) is 2.33. The summed E-state index contributed by atoms with van der Waals surface area (Å²) in [6.45, 7) is 0. The lowest BCUT2D eigenvalue weighted by Gasteiger charge is -2.19. The number of amides is 1. The molecule has 17 heavy (non-hydrogen) atoms. The van der Waals surface area contributed by atoms with Crippen LogP contribution in [-0.2, 0) is 25.4 Å². The zero-order valence-electron chi connectivity index (χ0n) is 8.89. The Labute approximate surface area is 101 Å². The number of anilines is 2. The lowest BCUT2D eigenvalue weighted by molar-refractivity contribution is -0.114. The maximum atomic E-state index is 11.8. The van der Waals surface area contributed by atoms with E-state index in [0.717, 1.165) is 0 Å². The van der Waals surface area contributed by atoms with Crippen molar-refractivity contribution < 1.29 is 17.4 Å². The minimum atomic E-state index is -3.70. The van der Waals surface area contributed by atoms with Gasteiger partial charge >= 0.3 is 0 Å². The molecule has 6 nitrogen and oxygen atoms in total. The summed E-state index contributed by atoms with van der Waals surface area (Å²) in [6.07, 6.45) is 1.44. The van der Waals surface area contributed by atoms with Crippen molar-refractivity contribution in [2.75, 3.05) is 23.1 Å². The minimum Gasteiger partial charge on any atom is -0.398 e. The molecule has 1 aromatic carbocycles. The number of benzene rings is 1. The van der Waals surface area contributed by atoms with E-state index >= 15 is 0 Å². The Morgan fingerprint density at radius 2 is 2.06 bits per heavy atom. The molecule has 1 aliphatic heterocycles. The van der Waals surface area contributed by atoms with Crippen LogP contribution < -0.4 is 11.1 Å². The molecular formula is C9H10N2O4S2. The second-order valence-electron chi connectivity index (χ2n) is 3.65. The van der Waals surface area contributed by atoms with E-state index in [1.165, 1.54) is 18.4 Å². The first-order chi connectivity index (χ1) is 7.81. The minimum absolute atomic E-state index is 0.00713. The Balaban J connectivity index is 2.75. The predicted molar refractivity (Wildman–Crippen MR) is 63.9 cm³/mol. The lowest BCUT2D eigenvalue weighted by atomic mass is 10.2. The van der Waals surface area contributed by atoms with E-state index in [-0.39, 0.29) is 16.3 Å². The summed E-state index contributed by atoms with van der Waals surface area (Å²) in [5, 5.41) is 2.42. The molecule has 0 spiro atoms. The third kappa shape index (κ3) is 2.05. The highest BCUT2D eigenvalue weighted by Crippen LogP contribution is 2.33. The van der Waals surface area contributed by atoms with Crippen LogP contribution in [0.25, 0.3) is 0 Å². The number of sulfone groups is 1. The maximum absolute atomic E-state index is 11.8. The van der Waals surface area contributed by atoms with Gasteiger partial charge in [0, 0.05) is 22.0 Å². The van der Waals surface area contributed by atoms with Gasteiger partial charge in [-0.3, -0.25) is 9.00 Å². The Hall–Kier alpha value is -1.41. The summed E-state index contributed by atoms with van der Waals surface area (Å²) in [7, 11) is -5.00. The van der Waals surface area contributed by atoms with Gasteiger partial charge in [-0.25, -0.2) is 8.42 Å². The fraction of sp³-hybridized carbons (Fsp3) is 0.222. The monoisotopic (exact) mass is 274 g/mol. The van der Waals surface area contributed by atoms with Gasteiger partial charge in [0.15, 0.2) is 9.84 Å². The van der Waals surface area contributed by atoms with Gasteiger partial charge < -0.3 is 11.1 Å². The summed E-state index contributed by atoms with van der Waals surface area (Å²) in [4.78, 5) is 11.5. The Morgan fingerprint density at radius 1 is 1.41 bits per heavy atom. The maximum Gasteiger partial charge on any atom is 0.239 e. The number of hydrogen-bond donors (Lipinski definition) is 2.